The first kappa shape index (κ1) is 18.7. The van der Waals surface area contributed by atoms with E-state index in [-0.39, 0.29) is 5.56 Å². The van der Waals surface area contributed by atoms with Crippen LogP contribution in [0.25, 0.3) is 10.9 Å². The number of urea groups is 1. The average Bonchev–Trinajstić information content (AvgIpc) is 2.65. The molecule has 2 aromatic carbocycles. The Morgan fingerprint density at radius 2 is 1.81 bits per heavy atom. The minimum absolute atomic E-state index is 0.186. The largest absolute Gasteiger partial charge is 0.351 e. The molecule has 0 radical (unpaired) electrons. The third-order valence-corrected chi connectivity index (χ3v) is 5.00. The number of primary amides is 1. The third kappa shape index (κ3) is 4.35. The van der Waals surface area contributed by atoms with Crippen LogP contribution in [0.5, 0.6) is 0 Å². The zero-order valence-corrected chi connectivity index (χ0v) is 15.4. The number of fused-ring (bicyclic) bond motifs is 1. The van der Waals surface area contributed by atoms with Gasteiger partial charge in [-0.1, -0.05) is 54.2 Å². The van der Waals surface area contributed by atoms with E-state index >= 15 is 0 Å². The second-order valence-corrected chi connectivity index (χ2v) is 7.21. The molecule has 0 aliphatic heterocycles. The van der Waals surface area contributed by atoms with Crippen LogP contribution in [0.1, 0.15) is 12.5 Å². The Balaban J connectivity index is 2.04. The molecule has 3 amide bonds. The van der Waals surface area contributed by atoms with Gasteiger partial charge in [0.15, 0.2) is 5.16 Å². The summed E-state index contributed by atoms with van der Waals surface area (Å²) in [4.78, 5) is 40.5. The van der Waals surface area contributed by atoms with Gasteiger partial charge in [-0.05, 0) is 24.6 Å². The summed E-state index contributed by atoms with van der Waals surface area (Å²) in [5.74, 6) is -0.541. The van der Waals surface area contributed by atoms with E-state index in [4.69, 9.17) is 5.73 Å². The van der Waals surface area contributed by atoms with Crippen molar-refractivity contribution < 1.29 is 9.59 Å². The number of nitrogens with one attached hydrogen (secondary N) is 1. The highest BCUT2D eigenvalue weighted by atomic mass is 32.2. The van der Waals surface area contributed by atoms with E-state index in [1.165, 1.54) is 4.57 Å². The topological polar surface area (TPSA) is 107 Å². The van der Waals surface area contributed by atoms with Gasteiger partial charge in [0, 0.05) is 0 Å². The molecule has 3 N–H and O–H groups in total. The number of thioether (sulfide) groups is 1. The van der Waals surface area contributed by atoms with Gasteiger partial charge in [-0.15, -0.1) is 0 Å². The highest BCUT2D eigenvalue weighted by Gasteiger charge is 2.20. The fourth-order valence-electron chi connectivity index (χ4n) is 2.58. The Bertz CT molecular complexity index is 1050. The van der Waals surface area contributed by atoms with E-state index in [1.807, 2.05) is 35.6 Å². The van der Waals surface area contributed by atoms with Gasteiger partial charge in [0.05, 0.1) is 22.7 Å². The summed E-state index contributed by atoms with van der Waals surface area (Å²) in [6.07, 6.45) is 0. The number of hydrogen-bond donors (Lipinski definition) is 2. The first-order valence-electron chi connectivity index (χ1n) is 8.26. The van der Waals surface area contributed by atoms with Crippen LogP contribution in [-0.2, 0) is 11.3 Å². The van der Waals surface area contributed by atoms with Crippen molar-refractivity contribution in [3.8, 4) is 0 Å². The minimum Gasteiger partial charge on any atom is -0.351 e. The van der Waals surface area contributed by atoms with E-state index in [2.05, 4.69) is 4.98 Å². The van der Waals surface area contributed by atoms with Crippen molar-refractivity contribution in [2.75, 3.05) is 0 Å². The first-order valence-corrected chi connectivity index (χ1v) is 9.14. The molecule has 8 heteroatoms. The summed E-state index contributed by atoms with van der Waals surface area (Å²) in [5, 5.41) is 2.29. The summed E-state index contributed by atoms with van der Waals surface area (Å²) >= 11 is 1.10. The molecule has 3 aromatic rings. The molecule has 138 valence electrons. The van der Waals surface area contributed by atoms with Crippen LogP contribution < -0.4 is 16.6 Å². The summed E-state index contributed by atoms with van der Waals surface area (Å²) in [6, 6.07) is 15.7. The van der Waals surface area contributed by atoms with Crippen molar-refractivity contribution in [3.63, 3.8) is 0 Å². The average molecular weight is 382 g/mol. The van der Waals surface area contributed by atoms with E-state index in [0.717, 1.165) is 17.3 Å². The number of nitrogens with two attached hydrogens (primary N) is 1. The smallest absolute Gasteiger partial charge is 0.318 e. The lowest BCUT2D eigenvalue weighted by Gasteiger charge is -2.16. The molecule has 1 aromatic heterocycles. The molecule has 0 unspecified atom stereocenters. The summed E-state index contributed by atoms with van der Waals surface area (Å²) in [5.41, 5.74) is 6.31. The molecule has 0 saturated carbocycles. The fourth-order valence-corrected chi connectivity index (χ4v) is 3.49. The highest BCUT2D eigenvalue weighted by Crippen LogP contribution is 2.23. The van der Waals surface area contributed by atoms with Crippen molar-refractivity contribution in [2.45, 2.75) is 23.9 Å². The van der Waals surface area contributed by atoms with Crippen LogP contribution in [0.4, 0.5) is 4.79 Å². The Labute approximate surface area is 159 Å². The normalized spacial score (nSPS) is 11.9. The van der Waals surface area contributed by atoms with Crippen molar-refractivity contribution in [1.29, 1.82) is 0 Å². The lowest BCUT2D eigenvalue weighted by molar-refractivity contribution is -0.119. The number of rotatable bonds is 5. The number of hydrogen-bond acceptors (Lipinski definition) is 5. The Morgan fingerprint density at radius 3 is 2.52 bits per heavy atom. The molecule has 0 saturated heterocycles. The second kappa shape index (κ2) is 8.05. The number of aromatic nitrogens is 2. The van der Waals surface area contributed by atoms with Crippen LogP contribution in [0.3, 0.4) is 0 Å². The Hall–Kier alpha value is -3.13. The van der Waals surface area contributed by atoms with Gasteiger partial charge < -0.3 is 5.73 Å². The molecule has 1 heterocycles. The number of benzene rings is 2. The Morgan fingerprint density at radius 1 is 1.15 bits per heavy atom. The Kier molecular flexibility index (Phi) is 5.56. The van der Waals surface area contributed by atoms with Crippen LogP contribution in [-0.4, -0.2) is 26.7 Å². The molecular formula is C19H18N4O3S. The van der Waals surface area contributed by atoms with E-state index in [1.54, 1.807) is 31.2 Å². The summed E-state index contributed by atoms with van der Waals surface area (Å²) < 4.78 is 1.54. The van der Waals surface area contributed by atoms with Crippen LogP contribution in [0, 0.1) is 0 Å². The maximum atomic E-state index is 13.0. The fraction of sp³-hybridized carbons (Fsp3) is 0.158. The monoisotopic (exact) mass is 382 g/mol. The zero-order chi connectivity index (χ0) is 19.4. The van der Waals surface area contributed by atoms with Crippen LogP contribution >= 0.6 is 11.8 Å². The second-order valence-electron chi connectivity index (χ2n) is 5.90. The molecule has 3 rings (SSSR count). The van der Waals surface area contributed by atoms with E-state index < -0.39 is 17.2 Å². The quantitative estimate of drug-likeness (QED) is 0.519. The van der Waals surface area contributed by atoms with Gasteiger partial charge in [0.1, 0.15) is 0 Å². The highest BCUT2D eigenvalue weighted by molar-refractivity contribution is 8.00. The summed E-state index contributed by atoms with van der Waals surface area (Å²) in [7, 11) is 0. The SMILES string of the molecule is C[C@H](Sc1nc2ccccc2c(=O)n1Cc1ccccc1)C(=O)NC(N)=O. The molecule has 0 bridgehead atoms. The van der Waals surface area contributed by atoms with E-state index in [0.29, 0.717) is 22.6 Å². The number of nitrogens with zero attached hydrogens (tertiary/aromatic N) is 2. The van der Waals surface area contributed by atoms with Gasteiger partial charge in [0.2, 0.25) is 5.91 Å². The molecule has 0 fully saturated rings. The van der Waals surface area contributed by atoms with Gasteiger partial charge in [-0.25, -0.2) is 9.78 Å². The lowest BCUT2D eigenvalue weighted by Crippen LogP contribution is -2.39. The third-order valence-electron chi connectivity index (χ3n) is 3.91. The number of para-hydroxylation sites is 1. The summed E-state index contributed by atoms with van der Waals surface area (Å²) in [6.45, 7) is 1.95. The number of amides is 3. The molecule has 0 spiro atoms. The predicted molar refractivity (Wildman–Crippen MR) is 105 cm³/mol. The molecule has 0 aliphatic carbocycles. The van der Waals surface area contributed by atoms with E-state index in [9.17, 15) is 14.4 Å². The van der Waals surface area contributed by atoms with Gasteiger partial charge in [-0.3, -0.25) is 19.5 Å². The lowest BCUT2D eigenvalue weighted by atomic mass is 10.2. The van der Waals surface area contributed by atoms with Crippen LogP contribution in [0.2, 0.25) is 0 Å². The van der Waals surface area contributed by atoms with Crippen molar-refractivity contribution in [3.05, 3.63) is 70.5 Å². The zero-order valence-electron chi connectivity index (χ0n) is 14.6. The van der Waals surface area contributed by atoms with Crippen molar-refractivity contribution in [2.24, 2.45) is 5.73 Å². The number of carbonyl (C=O) groups excluding carboxylic acids is 2. The maximum absolute atomic E-state index is 13.0. The molecular weight excluding hydrogens is 364 g/mol. The van der Waals surface area contributed by atoms with Gasteiger partial charge in [-0.2, -0.15) is 0 Å². The standard InChI is InChI=1S/C19H18N4O3S/c1-12(16(24)22-18(20)26)27-19-21-15-10-6-5-9-14(15)17(25)23(19)11-13-7-3-2-4-8-13/h2-10,12H,11H2,1H3,(H3,20,22,24,26)/t12-/m0/s1. The number of imide groups is 1. The molecule has 7 nitrogen and oxygen atoms in total. The van der Waals surface area contributed by atoms with Crippen molar-refractivity contribution >= 4 is 34.6 Å². The molecule has 1 atom stereocenters. The minimum atomic E-state index is -0.916. The van der Waals surface area contributed by atoms with Gasteiger partial charge in [0.25, 0.3) is 5.56 Å². The molecule has 27 heavy (non-hydrogen) atoms. The predicted octanol–water partition coefficient (Wildman–Crippen LogP) is 2.12. The molecule has 0 aliphatic rings. The first-order chi connectivity index (χ1) is 13.0. The van der Waals surface area contributed by atoms with Crippen molar-refractivity contribution in [1.82, 2.24) is 14.9 Å². The number of carbonyl (C=O) groups is 2. The van der Waals surface area contributed by atoms with Crippen LogP contribution in [0.15, 0.2) is 64.5 Å². The maximum Gasteiger partial charge on any atom is 0.318 e. The van der Waals surface area contributed by atoms with Gasteiger partial charge >= 0.3 is 6.03 Å².